The van der Waals surface area contributed by atoms with E-state index >= 15 is 0 Å². The molecule has 1 heterocycles. The van der Waals surface area contributed by atoms with Gasteiger partial charge in [-0.2, -0.15) is 5.26 Å². The number of carboxylic acid groups (broad SMARTS) is 1. The molecule has 1 rings (SSSR count). The number of carboxylic acids is 1. The summed E-state index contributed by atoms with van der Waals surface area (Å²) in [5.74, 6) is -1.26. The highest BCUT2D eigenvalue weighted by Gasteiger charge is 2.19. The highest BCUT2D eigenvalue weighted by molar-refractivity contribution is 6.32. The van der Waals surface area contributed by atoms with Gasteiger partial charge in [0, 0.05) is 5.56 Å². The third kappa shape index (κ3) is 2.64. The zero-order chi connectivity index (χ0) is 12.3. The molecule has 0 spiro atoms. The highest BCUT2D eigenvalue weighted by atomic mass is 35.5. The predicted octanol–water partition coefficient (Wildman–Crippen LogP) is 2.17. The van der Waals surface area contributed by atoms with E-state index in [0.29, 0.717) is 0 Å². The largest absolute Gasteiger partial charge is 0.481 e. The molecule has 0 unspecified atom stereocenters. The molecule has 0 bridgehead atoms. The van der Waals surface area contributed by atoms with Crippen molar-refractivity contribution in [3.63, 3.8) is 0 Å². The maximum Gasteiger partial charge on any atom is 0.309 e. The molecular formula is C9H5ClF2N2O2. The quantitative estimate of drug-likeness (QED) is 0.887. The Balaban J connectivity index is 3.32. The van der Waals surface area contributed by atoms with E-state index in [1.54, 1.807) is 6.07 Å². The summed E-state index contributed by atoms with van der Waals surface area (Å²) >= 11 is 5.56. The smallest absolute Gasteiger partial charge is 0.309 e. The summed E-state index contributed by atoms with van der Waals surface area (Å²) in [6, 6.07) is 2.41. The minimum absolute atomic E-state index is 0.233. The Bertz CT molecular complexity index is 471. The van der Waals surface area contributed by atoms with Crippen LogP contribution in [-0.4, -0.2) is 16.1 Å². The third-order valence-corrected chi connectivity index (χ3v) is 2.16. The van der Waals surface area contributed by atoms with Crippen LogP contribution in [-0.2, 0) is 11.2 Å². The normalized spacial score (nSPS) is 10.2. The van der Waals surface area contributed by atoms with Crippen LogP contribution in [0.3, 0.4) is 0 Å². The molecule has 0 atom stereocenters. The van der Waals surface area contributed by atoms with E-state index in [0.717, 1.165) is 6.07 Å². The van der Waals surface area contributed by atoms with E-state index in [2.05, 4.69) is 4.98 Å². The summed E-state index contributed by atoms with van der Waals surface area (Å²) < 4.78 is 25.0. The van der Waals surface area contributed by atoms with Crippen LogP contribution in [0.25, 0.3) is 0 Å². The van der Waals surface area contributed by atoms with Crippen LogP contribution in [0.1, 0.15) is 23.4 Å². The number of hydrogen-bond acceptors (Lipinski definition) is 3. The molecule has 84 valence electrons. The number of hydrogen-bond donors (Lipinski definition) is 1. The monoisotopic (exact) mass is 246 g/mol. The second kappa shape index (κ2) is 4.86. The maximum absolute atomic E-state index is 12.5. The molecule has 0 aliphatic heterocycles. The Morgan fingerprint density at radius 3 is 2.75 bits per heavy atom. The first-order chi connectivity index (χ1) is 7.45. The van der Waals surface area contributed by atoms with Crippen molar-refractivity contribution in [1.29, 1.82) is 5.26 Å². The minimum Gasteiger partial charge on any atom is -0.481 e. The second-order valence-corrected chi connectivity index (χ2v) is 3.22. The fraction of sp³-hybridized carbons (Fsp3) is 0.222. The van der Waals surface area contributed by atoms with Gasteiger partial charge < -0.3 is 5.11 Å². The maximum atomic E-state index is 12.5. The van der Waals surface area contributed by atoms with Gasteiger partial charge in [-0.05, 0) is 6.07 Å². The van der Waals surface area contributed by atoms with Gasteiger partial charge in [-0.25, -0.2) is 13.8 Å². The van der Waals surface area contributed by atoms with Crippen molar-refractivity contribution in [2.45, 2.75) is 12.8 Å². The van der Waals surface area contributed by atoms with Crippen molar-refractivity contribution in [2.24, 2.45) is 0 Å². The van der Waals surface area contributed by atoms with Crippen molar-refractivity contribution in [3.05, 3.63) is 28.0 Å². The van der Waals surface area contributed by atoms with Gasteiger partial charge in [0.25, 0.3) is 6.43 Å². The number of rotatable bonds is 3. The number of nitrogens with zero attached hydrogens (tertiary/aromatic N) is 2. The van der Waals surface area contributed by atoms with Gasteiger partial charge in [0.15, 0.2) is 0 Å². The van der Waals surface area contributed by atoms with Gasteiger partial charge in [0.1, 0.15) is 11.8 Å². The third-order valence-electron chi connectivity index (χ3n) is 1.72. The standard InChI is InChI=1S/C9H5ClF2N2O2/c10-8-5(9(11)12)1-4(3-13)14-6(8)2-7(15)16/h1,9H,2H2,(H,15,16). The lowest BCUT2D eigenvalue weighted by atomic mass is 10.1. The van der Waals surface area contributed by atoms with Gasteiger partial charge >= 0.3 is 5.97 Å². The van der Waals surface area contributed by atoms with E-state index in [1.807, 2.05) is 0 Å². The molecular weight excluding hydrogens is 242 g/mol. The molecule has 1 N–H and O–H groups in total. The second-order valence-electron chi connectivity index (χ2n) is 2.84. The lowest BCUT2D eigenvalue weighted by molar-refractivity contribution is -0.136. The van der Waals surface area contributed by atoms with Crippen LogP contribution < -0.4 is 0 Å². The SMILES string of the molecule is N#Cc1cc(C(F)F)c(Cl)c(CC(=O)O)n1. The highest BCUT2D eigenvalue weighted by Crippen LogP contribution is 2.29. The summed E-state index contributed by atoms with van der Waals surface area (Å²) in [6.45, 7) is 0. The fourth-order valence-corrected chi connectivity index (χ4v) is 1.33. The molecule has 0 aliphatic carbocycles. The van der Waals surface area contributed by atoms with Crippen LogP contribution in [0.2, 0.25) is 5.02 Å². The fourth-order valence-electron chi connectivity index (χ4n) is 1.08. The van der Waals surface area contributed by atoms with Gasteiger partial charge in [-0.3, -0.25) is 4.79 Å². The predicted molar refractivity (Wildman–Crippen MR) is 50.3 cm³/mol. The average Bonchev–Trinajstić information content (AvgIpc) is 2.19. The minimum atomic E-state index is -2.88. The van der Waals surface area contributed by atoms with Crippen LogP contribution in [0, 0.1) is 11.3 Å². The van der Waals surface area contributed by atoms with Gasteiger partial charge in [0.2, 0.25) is 0 Å². The molecule has 4 nitrogen and oxygen atoms in total. The lowest BCUT2D eigenvalue weighted by Gasteiger charge is -2.07. The number of alkyl halides is 2. The Labute approximate surface area is 94.1 Å². The van der Waals surface area contributed by atoms with E-state index in [9.17, 15) is 13.6 Å². The first-order valence-electron chi connectivity index (χ1n) is 4.05. The van der Waals surface area contributed by atoms with E-state index < -0.39 is 29.4 Å². The molecule has 0 aliphatic rings. The molecule has 0 fully saturated rings. The summed E-state index contributed by atoms with van der Waals surface area (Å²) in [4.78, 5) is 14.0. The zero-order valence-electron chi connectivity index (χ0n) is 7.75. The number of pyridine rings is 1. The van der Waals surface area contributed by atoms with Gasteiger partial charge in [-0.15, -0.1) is 0 Å². The van der Waals surface area contributed by atoms with E-state index in [4.69, 9.17) is 22.0 Å². The molecule has 7 heteroatoms. The molecule has 0 saturated carbocycles. The molecule has 16 heavy (non-hydrogen) atoms. The molecule has 0 aromatic carbocycles. The lowest BCUT2D eigenvalue weighted by Crippen LogP contribution is -2.06. The number of nitriles is 1. The van der Waals surface area contributed by atoms with E-state index in [1.165, 1.54) is 0 Å². The Morgan fingerprint density at radius 1 is 1.69 bits per heavy atom. The average molecular weight is 247 g/mol. The number of aromatic nitrogens is 1. The topological polar surface area (TPSA) is 74.0 Å². The molecule has 0 radical (unpaired) electrons. The van der Waals surface area contributed by atoms with Crippen LogP contribution in [0.15, 0.2) is 6.07 Å². The van der Waals surface area contributed by atoms with Crippen molar-refractivity contribution in [1.82, 2.24) is 4.98 Å². The van der Waals surface area contributed by atoms with Gasteiger partial charge in [-0.1, -0.05) is 11.6 Å². The Morgan fingerprint density at radius 2 is 2.31 bits per heavy atom. The first kappa shape index (κ1) is 12.3. The first-order valence-corrected chi connectivity index (χ1v) is 4.43. The molecule has 0 saturated heterocycles. The molecule has 0 amide bonds. The van der Waals surface area contributed by atoms with Crippen LogP contribution >= 0.6 is 11.6 Å². The van der Waals surface area contributed by atoms with E-state index in [-0.39, 0.29) is 11.4 Å². The van der Waals surface area contributed by atoms with Crippen molar-refractivity contribution in [2.75, 3.05) is 0 Å². The summed E-state index contributed by atoms with van der Waals surface area (Å²) in [7, 11) is 0. The van der Waals surface area contributed by atoms with Crippen molar-refractivity contribution in [3.8, 4) is 6.07 Å². The summed E-state index contributed by atoms with van der Waals surface area (Å²) in [5, 5.41) is 16.7. The number of halogens is 3. The molecule has 1 aromatic rings. The number of aliphatic carboxylic acids is 1. The Kier molecular flexibility index (Phi) is 3.74. The zero-order valence-corrected chi connectivity index (χ0v) is 8.50. The number of carbonyl (C=O) groups is 1. The van der Waals surface area contributed by atoms with Crippen LogP contribution in [0.4, 0.5) is 8.78 Å². The van der Waals surface area contributed by atoms with Crippen LogP contribution in [0.5, 0.6) is 0 Å². The summed E-state index contributed by atoms with van der Waals surface area (Å²) in [5.41, 5.74) is -1.09. The Hall–Kier alpha value is -1.74. The van der Waals surface area contributed by atoms with Gasteiger partial charge in [0.05, 0.1) is 17.1 Å². The summed E-state index contributed by atoms with van der Waals surface area (Å²) in [6.07, 6.45) is -3.48. The van der Waals surface area contributed by atoms with Crippen molar-refractivity contribution < 1.29 is 18.7 Å². The molecule has 1 aromatic heterocycles. The van der Waals surface area contributed by atoms with Crippen molar-refractivity contribution >= 4 is 17.6 Å².